The number of ketones is 2. The van der Waals surface area contributed by atoms with Crippen LogP contribution in [0.15, 0.2) is 75.9 Å². The number of aliphatic imine (C=N–C) groups is 1. The minimum atomic E-state index is -0.618. The molecular formula is C37H46N3O5P. The molecule has 2 N–H and O–H groups in total. The van der Waals surface area contributed by atoms with Gasteiger partial charge in [-0.2, -0.15) is 0 Å². The van der Waals surface area contributed by atoms with Gasteiger partial charge in [0.15, 0.2) is 11.6 Å². The summed E-state index contributed by atoms with van der Waals surface area (Å²) in [4.78, 5) is 45.5. The lowest BCUT2D eigenvalue weighted by Gasteiger charge is -2.44. The van der Waals surface area contributed by atoms with Gasteiger partial charge in [-0.05, 0) is 73.3 Å². The molecule has 0 radical (unpaired) electrons. The standard InChI is InChI=1S/C35H40N3O5P.C2H6/c1-21(14-32(42-3)27-8-11-37-33(22(27)2)23-4-5-23)34(41)38-12-9-35(10-13-38)17-29(39)28-16-24(6-7-31(28)43-35)25-15-26(20-44-19-25)30(40)18-36;1-2/h6-8,11,14-16,19,22-23,44H,4-5,9-10,12-13,17-18,20,36H2,1-3H3;1-2H3/b21-14+,32-27+;. The minimum absolute atomic E-state index is 0.000952. The Bertz CT molecular complexity index is 1590. The van der Waals surface area contributed by atoms with Crippen molar-refractivity contribution in [2.45, 2.75) is 65.4 Å². The summed E-state index contributed by atoms with van der Waals surface area (Å²) in [5.74, 6) is 4.09. The summed E-state index contributed by atoms with van der Waals surface area (Å²) in [6.07, 6.45) is 12.1. The molecule has 5 aliphatic rings. The second-order valence-corrected chi connectivity index (χ2v) is 13.4. The number of likely N-dealkylation sites (tertiary alicyclic amines) is 1. The molecular weight excluding hydrogens is 597 g/mol. The number of allylic oxidation sites excluding steroid dienone is 5. The third kappa shape index (κ3) is 7.03. The predicted octanol–water partition coefficient (Wildman–Crippen LogP) is 6.39. The fourth-order valence-corrected chi connectivity index (χ4v) is 7.71. The van der Waals surface area contributed by atoms with E-state index >= 15 is 0 Å². The number of carbonyl (C=O) groups is 3. The van der Waals surface area contributed by atoms with Gasteiger partial charge < -0.3 is 20.1 Å². The first kappa shape index (κ1) is 33.7. The van der Waals surface area contributed by atoms with Gasteiger partial charge in [-0.25, -0.2) is 0 Å². The second kappa shape index (κ2) is 14.4. The average molecular weight is 644 g/mol. The van der Waals surface area contributed by atoms with Gasteiger partial charge in [0.2, 0.25) is 5.91 Å². The van der Waals surface area contributed by atoms with Gasteiger partial charge in [-0.3, -0.25) is 19.4 Å². The third-order valence-corrected chi connectivity index (χ3v) is 10.5. The van der Waals surface area contributed by atoms with Crippen LogP contribution in [0.4, 0.5) is 0 Å². The largest absolute Gasteiger partial charge is 0.496 e. The van der Waals surface area contributed by atoms with Gasteiger partial charge in [0.1, 0.15) is 17.1 Å². The number of piperidine rings is 1. The Morgan fingerprint density at radius 2 is 1.96 bits per heavy atom. The van der Waals surface area contributed by atoms with Crippen LogP contribution in [0.3, 0.4) is 0 Å². The summed E-state index contributed by atoms with van der Waals surface area (Å²) in [5, 5.41) is 0. The fraction of sp³-hybridized carbons (Fsp3) is 0.459. The Hall–Kier alpha value is -3.61. The van der Waals surface area contributed by atoms with Crippen molar-refractivity contribution in [1.29, 1.82) is 0 Å². The molecule has 46 heavy (non-hydrogen) atoms. The van der Waals surface area contributed by atoms with Crippen LogP contribution >= 0.6 is 8.58 Å². The smallest absolute Gasteiger partial charge is 0.249 e. The van der Waals surface area contributed by atoms with E-state index < -0.39 is 5.60 Å². The average Bonchev–Trinajstić information content (AvgIpc) is 3.93. The molecule has 4 aliphatic heterocycles. The molecule has 1 aliphatic carbocycles. The van der Waals surface area contributed by atoms with E-state index in [-0.39, 0.29) is 36.4 Å². The van der Waals surface area contributed by atoms with Crippen LogP contribution in [-0.4, -0.2) is 66.6 Å². The maximum Gasteiger partial charge on any atom is 0.249 e. The first-order valence-electron chi connectivity index (χ1n) is 16.5. The van der Waals surface area contributed by atoms with Gasteiger partial charge >= 0.3 is 0 Å². The van der Waals surface area contributed by atoms with Crippen molar-refractivity contribution in [2.75, 3.05) is 32.9 Å². The number of amides is 1. The second-order valence-electron chi connectivity index (χ2n) is 12.4. The van der Waals surface area contributed by atoms with E-state index in [0.29, 0.717) is 69.2 Å². The number of ether oxygens (including phenoxy) is 2. The summed E-state index contributed by atoms with van der Waals surface area (Å²) in [6.45, 7) is 9.01. The van der Waals surface area contributed by atoms with E-state index in [2.05, 4.69) is 17.7 Å². The molecule has 0 aromatic heterocycles. The van der Waals surface area contributed by atoms with Crippen LogP contribution in [0.5, 0.6) is 5.75 Å². The Balaban J connectivity index is 0.00000204. The van der Waals surface area contributed by atoms with Crippen LogP contribution in [0.2, 0.25) is 0 Å². The van der Waals surface area contributed by atoms with E-state index in [1.807, 2.05) is 68.3 Å². The maximum absolute atomic E-state index is 13.5. The number of rotatable bonds is 7. The van der Waals surface area contributed by atoms with Crippen molar-refractivity contribution in [3.63, 3.8) is 0 Å². The highest BCUT2D eigenvalue weighted by Gasteiger charge is 2.44. The summed E-state index contributed by atoms with van der Waals surface area (Å²) < 4.78 is 12.3. The molecule has 2 atom stereocenters. The molecule has 1 saturated heterocycles. The van der Waals surface area contributed by atoms with Crippen molar-refractivity contribution in [3.05, 3.63) is 82.0 Å². The summed E-state index contributed by atoms with van der Waals surface area (Å²) in [5.41, 5.74) is 11.0. The van der Waals surface area contributed by atoms with E-state index in [0.717, 1.165) is 22.3 Å². The van der Waals surface area contributed by atoms with Crippen LogP contribution < -0.4 is 10.5 Å². The Kier molecular flexibility index (Phi) is 10.6. The molecule has 8 nitrogen and oxygen atoms in total. The number of nitrogens with zero attached hydrogens (tertiary/aromatic N) is 2. The van der Waals surface area contributed by atoms with Crippen LogP contribution in [0.1, 0.15) is 75.7 Å². The van der Waals surface area contributed by atoms with Gasteiger partial charge in [0.25, 0.3) is 0 Å². The third-order valence-electron chi connectivity index (χ3n) is 9.38. The monoisotopic (exact) mass is 643 g/mol. The minimum Gasteiger partial charge on any atom is -0.496 e. The van der Waals surface area contributed by atoms with Gasteiger partial charge in [0.05, 0.1) is 25.6 Å². The number of fused-ring (bicyclic) bond motifs is 1. The SMILES string of the molecule is CC.COC(/C=C(\C)C(=O)N1CCC2(CC1)CC(=O)c1cc(C3=CPCC(C(=O)CN)=C3)ccc1O2)=C1\C=CN=C(C2CC2)C1C. The zero-order valence-corrected chi connectivity index (χ0v) is 28.7. The van der Waals surface area contributed by atoms with E-state index in [1.165, 1.54) is 18.6 Å². The maximum atomic E-state index is 13.5. The van der Waals surface area contributed by atoms with E-state index in [9.17, 15) is 14.4 Å². The first-order chi connectivity index (χ1) is 22.2. The molecule has 1 saturated carbocycles. The summed E-state index contributed by atoms with van der Waals surface area (Å²) in [6, 6.07) is 5.69. The molecule has 1 spiro atoms. The number of methoxy groups -OCH3 is 1. The normalized spacial score (nSPS) is 23.7. The molecule has 2 unspecified atom stereocenters. The van der Waals surface area contributed by atoms with Gasteiger partial charge in [-0.15, -0.1) is 0 Å². The predicted molar refractivity (Wildman–Crippen MR) is 185 cm³/mol. The number of nitrogens with two attached hydrogens (primary N) is 1. The van der Waals surface area contributed by atoms with Crippen molar-refractivity contribution in [2.24, 2.45) is 22.6 Å². The molecule has 1 aromatic carbocycles. The zero-order chi connectivity index (χ0) is 33.0. The van der Waals surface area contributed by atoms with E-state index in [4.69, 9.17) is 15.2 Å². The molecule has 9 heteroatoms. The Labute approximate surface area is 274 Å². The number of Topliss-reactive ketones (excluding diaryl/α,β-unsaturated/α-hetero) is 2. The number of carbonyl (C=O) groups excluding carboxylic acids is 3. The first-order valence-corrected chi connectivity index (χ1v) is 17.7. The lowest BCUT2D eigenvalue weighted by atomic mass is 9.81. The zero-order valence-electron chi connectivity index (χ0n) is 27.7. The topological polar surface area (TPSA) is 111 Å². The number of hydrogen-bond acceptors (Lipinski definition) is 7. The molecule has 244 valence electrons. The number of hydrogen-bond donors (Lipinski definition) is 1. The molecule has 6 rings (SSSR count). The molecule has 1 aromatic rings. The molecule has 1 amide bonds. The molecule has 4 heterocycles. The lowest BCUT2D eigenvalue weighted by molar-refractivity contribution is -0.130. The number of benzene rings is 1. The van der Waals surface area contributed by atoms with Crippen molar-refractivity contribution in [3.8, 4) is 5.75 Å². The van der Waals surface area contributed by atoms with Crippen molar-refractivity contribution in [1.82, 2.24) is 4.90 Å². The molecule has 0 bridgehead atoms. The lowest BCUT2D eigenvalue weighted by Crippen LogP contribution is -2.52. The van der Waals surface area contributed by atoms with Crippen molar-refractivity contribution >= 4 is 37.3 Å². The van der Waals surface area contributed by atoms with Crippen LogP contribution in [-0.2, 0) is 14.3 Å². The van der Waals surface area contributed by atoms with Crippen molar-refractivity contribution < 1.29 is 23.9 Å². The Morgan fingerprint density at radius 1 is 1.22 bits per heavy atom. The molecule has 2 fully saturated rings. The van der Waals surface area contributed by atoms with Crippen LogP contribution in [0, 0.1) is 11.8 Å². The Morgan fingerprint density at radius 3 is 2.63 bits per heavy atom. The summed E-state index contributed by atoms with van der Waals surface area (Å²) >= 11 is 0. The van der Waals surface area contributed by atoms with Gasteiger partial charge in [-0.1, -0.05) is 41.2 Å². The highest BCUT2D eigenvalue weighted by Crippen LogP contribution is 2.42. The summed E-state index contributed by atoms with van der Waals surface area (Å²) in [7, 11) is 2.14. The fourth-order valence-electron chi connectivity index (χ4n) is 6.62. The highest BCUT2D eigenvalue weighted by molar-refractivity contribution is 7.42. The van der Waals surface area contributed by atoms with Gasteiger partial charge in [0, 0.05) is 60.5 Å². The highest BCUT2D eigenvalue weighted by atomic mass is 31.1. The van der Waals surface area contributed by atoms with E-state index in [1.54, 1.807) is 7.11 Å². The quantitative estimate of drug-likeness (QED) is 0.210. The van der Waals surface area contributed by atoms with Crippen LogP contribution in [0.25, 0.3) is 5.57 Å².